The molecule has 0 aromatic heterocycles. The van der Waals surface area contributed by atoms with Gasteiger partial charge in [-0.3, -0.25) is 4.79 Å². The fourth-order valence-electron chi connectivity index (χ4n) is 1.55. The lowest BCUT2D eigenvalue weighted by molar-refractivity contribution is -0.137. The van der Waals surface area contributed by atoms with E-state index in [0.717, 1.165) is 0 Å². The minimum absolute atomic E-state index is 0.247. The first-order valence-corrected chi connectivity index (χ1v) is 7.18. The van der Waals surface area contributed by atoms with Crippen molar-refractivity contribution in [3.8, 4) is 6.07 Å². The summed E-state index contributed by atoms with van der Waals surface area (Å²) in [5.41, 5.74) is 0.988. The molecule has 2 N–H and O–H groups in total. The van der Waals surface area contributed by atoms with Crippen molar-refractivity contribution in [3.05, 3.63) is 35.4 Å². The van der Waals surface area contributed by atoms with Gasteiger partial charge in [0, 0.05) is 6.04 Å². The molecule has 0 amide bonds. The lowest BCUT2D eigenvalue weighted by Gasteiger charge is -2.12. The third-order valence-corrected chi connectivity index (χ3v) is 3.78. The van der Waals surface area contributed by atoms with Crippen molar-refractivity contribution in [2.24, 2.45) is 0 Å². The zero-order chi connectivity index (χ0) is 14.5. The van der Waals surface area contributed by atoms with E-state index in [-0.39, 0.29) is 12.2 Å². The Morgan fingerprint density at radius 3 is 2.47 bits per heavy atom. The van der Waals surface area contributed by atoms with Crippen LogP contribution in [0.2, 0.25) is 0 Å². The zero-order valence-electron chi connectivity index (χ0n) is 10.3. The summed E-state index contributed by atoms with van der Waals surface area (Å²) in [5.74, 6) is -1.31. The molecule has 1 rings (SSSR count). The monoisotopic (exact) mass is 282 g/mol. The molecule has 0 aliphatic carbocycles. The van der Waals surface area contributed by atoms with Crippen LogP contribution in [0.4, 0.5) is 0 Å². The van der Waals surface area contributed by atoms with E-state index in [2.05, 4.69) is 4.72 Å². The lowest BCUT2D eigenvalue weighted by atomic mass is 10.2. The molecule has 0 radical (unpaired) electrons. The molecule has 0 saturated heterocycles. The highest BCUT2D eigenvalue weighted by Gasteiger charge is 2.17. The second-order valence-electron chi connectivity index (χ2n) is 4.18. The van der Waals surface area contributed by atoms with E-state index in [1.807, 2.05) is 6.07 Å². The van der Waals surface area contributed by atoms with Gasteiger partial charge in [-0.2, -0.15) is 5.26 Å². The quantitative estimate of drug-likeness (QED) is 0.804. The van der Waals surface area contributed by atoms with Gasteiger partial charge in [-0.05, 0) is 24.6 Å². The smallest absolute Gasteiger partial charge is 0.304 e. The van der Waals surface area contributed by atoms with Gasteiger partial charge in [0.1, 0.15) is 0 Å². The molecule has 0 saturated carbocycles. The molecule has 7 heteroatoms. The van der Waals surface area contributed by atoms with Crippen LogP contribution in [0.15, 0.2) is 24.3 Å². The number of carbonyl (C=O) groups is 1. The molecule has 1 aromatic rings. The van der Waals surface area contributed by atoms with Crippen molar-refractivity contribution in [1.29, 1.82) is 5.26 Å². The number of nitrogens with zero attached hydrogens (tertiary/aromatic N) is 1. The molecule has 19 heavy (non-hydrogen) atoms. The summed E-state index contributed by atoms with van der Waals surface area (Å²) >= 11 is 0. The van der Waals surface area contributed by atoms with Crippen molar-refractivity contribution in [3.63, 3.8) is 0 Å². The predicted molar refractivity (Wildman–Crippen MR) is 68.6 cm³/mol. The van der Waals surface area contributed by atoms with Crippen LogP contribution in [0.3, 0.4) is 0 Å². The fraction of sp³-hybridized carbons (Fsp3) is 0.333. The Labute approximate surface area is 111 Å². The summed E-state index contributed by atoms with van der Waals surface area (Å²) in [6.07, 6.45) is -0.271. The number of carboxylic acid groups (broad SMARTS) is 1. The van der Waals surface area contributed by atoms with Gasteiger partial charge in [0.15, 0.2) is 0 Å². The number of nitrogens with one attached hydrogen (secondary N) is 1. The number of carboxylic acids is 1. The fourth-order valence-corrected chi connectivity index (χ4v) is 2.96. The molecule has 0 spiro atoms. The minimum Gasteiger partial charge on any atom is -0.481 e. The predicted octanol–water partition coefficient (Wildman–Crippen LogP) is 0.841. The topological polar surface area (TPSA) is 107 Å². The Kier molecular flexibility index (Phi) is 5.03. The highest BCUT2D eigenvalue weighted by Crippen LogP contribution is 2.08. The molecular formula is C12H14N2O4S. The molecule has 1 unspecified atom stereocenters. The maximum atomic E-state index is 11.8. The van der Waals surface area contributed by atoms with Gasteiger partial charge >= 0.3 is 5.97 Å². The van der Waals surface area contributed by atoms with Crippen LogP contribution >= 0.6 is 0 Å². The first-order valence-electron chi connectivity index (χ1n) is 5.53. The summed E-state index contributed by atoms with van der Waals surface area (Å²) < 4.78 is 25.8. The molecule has 1 atom stereocenters. The van der Waals surface area contributed by atoms with Gasteiger partial charge in [-0.15, -0.1) is 0 Å². The average Bonchev–Trinajstić information content (AvgIpc) is 2.27. The van der Waals surface area contributed by atoms with Crippen LogP contribution in [-0.4, -0.2) is 25.5 Å². The molecule has 0 heterocycles. The normalized spacial score (nSPS) is 12.6. The second kappa shape index (κ2) is 6.31. The van der Waals surface area contributed by atoms with Crippen LogP contribution in [0, 0.1) is 11.3 Å². The minimum atomic E-state index is -3.60. The van der Waals surface area contributed by atoms with E-state index < -0.39 is 22.0 Å². The molecular weight excluding hydrogens is 268 g/mol. The van der Waals surface area contributed by atoms with E-state index in [0.29, 0.717) is 11.1 Å². The number of hydrogen-bond donors (Lipinski definition) is 2. The molecule has 0 bridgehead atoms. The number of hydrogen-bond acceptors (Lipinski definition) is 4. The molecule has 0 fully saturated rings. The summed E-state index contributed by atoms with van der Waals surface area (Å²) in [6.45, 7) is 1.49. The van der Waals surface area contributed by atoms with Crippen molar-refractivity contribution in [2.75, 3.05) is 0 Å². The lowest BCUT2D eigenvalue weighted by Crippen LogP contribution is -2.35. The van der Waals surface area contributed by atoms with E-state index in [1.54, 1.807) is 12.1 Å². The molecule has 1 aromatic carbocycles. The summed E-state index contributed by atoms with van der Waals surface area (Å²) in [4.78, 5) is 10.5. The Morgan fingerprint density at radius 1 is 1.42 bits per heavy atom. The van der Waals surface area contributed by atoms with Gasteiger partial charge < -0.3 is 5.11 Å². The van der Waals surface area contributed by atoms with Gasteiger partial charge in [0.2, 0.25) is 10.0 Å². The SMILES string of the molecule is CC(CC(=O)O)NS(=O)(=O)Cc1ccc(C#N)cc1. The molecule has 6 nitrogen and oxygen atoms in total. The van der Waals surface area contributed by atoms with Crippen LogP contribution in [0.1, 0.15) is 24.5 Å². The third-order valence-electron chi connectivity index (χ3n) is 2.30. The van der Waals surface area contributed by atoms with Gasteiger partial charge in [0.05, 0.1) is 23.8 Å². The largest absolute Gasteiger partial charge is 0.481 e. The van der Waals surface area contributed by atoms with Crippen molar-refractivity contribution in [2.45, 2.75) is 25.1 Å². The summed E-state index contributed by atoms with van der Waals surface area (Å²) in [7, 11) is -3.60. The van der Waals surface area contributed by atoms with E-state index in [1.165, 1.54) is 19.1 Å². The number of nitriles is 1. The van der Waals surface area contributed by atoms with Crippen molar-refractivity contribution >= 4 is 16.0 Å². The third kappa shape index (κ3) is 5.50. The highest BCUT2D eigenvalue weighted by molar-refractivity contribution is 7.88. The Balaban J connectivity index is 2.68. The Hall–Kier alpha value is -1.91. The first kappa shape index (κ1) is 15.1. The molecule has 0 aliphatic heterocycles. The number of sulfonamides is 1. The number of aliphatic carboxylic acids is 1. The van der Waals surface area contributed by atoms with Crippen LogP contribution in [0.25, 0.3) is 0 Å². The summed E-state index contributed by atoms with van der Waals surface area (Å²) in [5, 5.41) is 17.2. The summed E-state index contributed by atoms with van der Waals surface area (Å²) in [6, 6.07) is 7.45. The second-order valence-corrected chi connectivity index (χ2v) is 5.94. The van der Waals surface area contributed by atoms with Gasteiger partial charge in [0.25, 0.3) is 0 Å². The highest BCUT2D eigenvalue weighted by atomic mass is 32.2. The van der Waals surface area contributed by atoms with Crippen LogP contribution in [-0.2, 0) is 20.6 Å². The van der Waals surface area contributed by atoms with E-state index in [4.69, 9.17) is 10.4 Å². The van der Waals surface area contributed by atoms with Crippen LogP contribution < -0.4 is 4.72 Å². The standard InChI is InChI=1S/C12H14N2O4S/c1-9(6-12(15)16)14-19(17,18)8-11-4-2-10(7-13)3-5-11/h2-5,9,14H,6,8H2,1H3,(H,15,16). The van der Waals surface area contributed by atoms with Crippen molar-refractivity contribution in [1.82, 2.24) is 4.72 Å². The average molecular weight is 282 g/mol. The van der Waals surface area contributed by atoms with Crippen LogP contribution in [0.5, 0.6) is 0 Å². The number of rotatable bonds is 6. The van der Waals surface area contributed by atoms with E-state index >= 15 is 0 Å². The number of benzene rings is 1. The maximum absolute atomic E-state index is 11.8. The van der Waals surface area contributed by atoms with E-state index in [9.17, 15) is 13.2 Å². The maximum Gasteiger partial charge on any atom is 0.304 e. The first-order chi connectivity index (χ1) is 8.82. The van der Waals surface area contributed by atoms with Gasteiger partial charge in [-0.1, -0.05) is 12.1 Å². The zero-order valence-corrected chi connectivity index (χ0v) is 11.1. The Morgan fingerprint density at radius 2 is 2.00 bits per heavy atom. The van der Waals surface area contributed by atoms with Gasteiger partial charge in [-0.25, -0.2) is 13.1 Å². The Bertz CT molecular complexity index is 587. The molecule has 0 aliphatic rings. The van der Waals surface area contributed by atoms with Crippen molar-refractivity contribution < 1.29 is 18.3 Å². The molecule has 102 valence electrons.